The average molecular weight is 448 g/mol. The molecule has 2 aromatic heterocycles. The fourth-order valence-corrected chi connectivity index (χ4v) is 5.94. The molecular formula is C19H18BrN3OS2. The molecule has 0 saturated heterocycles. The van der Waals surface area contributed by atoms with Crippen LogP contribution in [0.1, 0.15) is 17.4 Å². The van der Waals surface area contributed by atoms with Crippen molar-refractivity contribution in [3.05, 3.63) is 45.8 Å². The zero-order chi connectivity index (χ0) is 18.3. The van der Waals surface area contributed by atoms with Crippen LogP contribution in [-0.4, -0.2) is 28.9 Å². The van der Waals surface area contributed by atoms with Gasteiger partial charge in [-0.15, -0.1) is 22.7 Å². The van der Waals surface area contributed by atoms with Crippen LogP contribution >= 0.6 is 38.6 Å². The van der Waals surface area contributed by atoms with Crippen LogP contribution in [0.25, 0.3) is 20.8 Å². The number of halogens is 1. The Morgan fingerprint density at radius 2 is 2.31 bits per heavy atom. The maximum Gasteiger partial charge on any atom is 0.248 e. The molecule has 0 aliphatic carbocycles. The number of likely N-dealkylation sites (N-methyl/N-ethyl adjacent to an activating group) is 1. The summed E-state index contributed by atoms with van der Waals surface area (Å²) in [6.07, 6.45) is 2.30. The predicted octanol–water partition coefficient (Wildman–Crippen LogP) is 5.29. The molecule has 0 fully saturated rings. The van der Waals surface area contributed by atoms with Crippen LogP contribution < -0.4 is 5.32 Å². The van der Waals surface area contributed by atoms with Gasteiger partial charge in [0, 0.05) is 28.0 Å². The number of thiazole rings is 1. The van der Waals surface area contributed by atoms with Crippen molar-refractivity contribution in [1.29, 1.82) is 0 Å². The normalized spacial score (nSPS) is 14.4. The number of rotatable bonds is 4. The van der Waals surface area contributed by atoms with Gasteiger partial charge in [0.2, 0.25) is 5.91 Å². The quantitative estimate of drug-likeness (QED) is 0.552. The molecule has 1 aromatic carbocycles. The summed E-state index contributed by atoms with van der Waals surface area (Å²) in [6, 6.07) is 6.15. The monoisotopic (exact) mass is 447 g/mol. The molecule has 1 amide bonds. The summed E-state index contributed by atoms with van der Waals surface area (Å²) in [4.78, 5) is 20.6. The van der Waals surface area contributed by atoms with Crippen LogP contribution in [0, 0.1) is 0 Å². The molecule has 26 heavy (non-hydrogen) atoms. The Morgan fingerprint density at radius 3 is 3.08 bits per heavy atom. The molecular weight excluding hydrogens is 430 g/mol. The number of nitrogens with one attached hydrogen (secondary N) is 1. The van der Waals surface area contributed by atoms with Crippen molar-refractivity contribution in [3.8, 4) is 10.6 Å². The van der Waals surface area contributed by atoms with Gasteiger partial charge in [-0.05, 0) is 42.8 Å². The zero-order valence-electron chi connectivity index (χ0n) is 14.3. The molecule has 134 valence electrons. The van der Waals surface area contributed by atoms with Gasteiger partial charge in [-0.2, -0.15) is 0 Å². The number of benzene rings is 1. The molecule has 1 aliphatic heterocycles. The van der Waals surface area contributed by atoms with E-state index < -0.39 is 0 Å². The zero-order valence-corrected chi connectivity index (χ0v) is 17.6. The molecule has 7 heteroatoms. The van der Waals surface area contributed by atoms with Crippen molar-refractivity contribution in [2.45, 2.75) is 19.9 Å². The van der Waals surface area contributed by atoms with Crippen LogP contribution in [0.5, 0.6) is 0 Å². The molecule has 0 spiro atoms. The largest absolute Gasteiger partial charge is 0.314 e. The molecule has 1 aliphatic rings. The van der Waals surface area contributed by atoms with E-state index in [0.29, 0.717) is 0 Å². The van der Waals surface area contributed by atoms with Gasteiger partial charge >= 0.3 is 0 Å². The summed E-state index contributed by atoms with van der Waals surface area (Å²) in [5, 5.41) is 4.86. The topological polar surface area (TPSA) is 45.2 Å². The first kappa shape index (κ1) is 17.9. The van der Waals surface area contributed by atoms with E-state index in [1.54, 1.807) is 22.7 Å². The highest BCUT2D eigenvalue weighted by molar-refractivity contribution is 9.10. The molecule has 0 saturated carbocycles. The average Bonchev–Trinajstić information content (AvgIpc) is 3.20. The molecule has 0 atom stereocenters. The number of anilines is 1. The van der Waals surface area contributed by atoms with Crippen LogP contribution in [0.4, 0.5) is 5.00 Å². The van der Waals surface area contributed by atoms with Crippen molar-refractivity contribution in [1.82, 2.24) is 9.88 Å². The minimum absolute atomic E-state index is 0.180. The predicted molar refractivity (Wildman–Crippen MR) is 114 cm³/mol. The summed E-state index contributed by atoms with van der Waals surface area (Å²) >= 11 is 6.86. The lowest BCUT2D eigenvalue weighted by Crippen LogP contribution is -2.29. The molecule has 3 heterocycles. The smallest absolute Gasteiger partial charge is 0.248 e. The van der Waals surface area contributed by atoms with Gasteiger partial charge in [-0.1, -0.05) is 29.4 Å². The second kappa shape index (κ2) is 7.23. The van der Waals surface area contributed by atoms with Crippen molar-refractivity contribution in [2.75, 3.05) is 18.4 Å². The second-order valence-corrected chi connectivity index (χ2v) is 9.20. The number of nitrogens with zero attached hydrogens (tertiary/aromatic N) is 2. The molecule has 1 N–H and O–H groups in total. The first-order chi connectivity index (χ1) is 12.6. The number of carbonyl (C=O) groups excluding carboxylic acids is 1. The van der Waals surface area contributed by atoms with Gasteiger partial charge in [-0.25, -0.2) is 4.98 Å². The SMILES string of the molecule is C=CC(=O)Nc1sc2c(c1-c1nc3cc(Br)ccc3s1)CCN(CC)C2. The Bertz CT molecular complexity index is 1010. The van der Waals surface area contributed by atoms with Gasteiger partial charge in [0.1, 0.15) is 10.0 Å². The van der Waals surface area contributed by atoms with Crippen molar-refractivity contribution in [2.24, 2.45) is 0 Å². The van der Waals surface area contributed by atoms with E-state index in [4.69, 9.17) is 4.98 Å². The number of hydrogen-bond acceptors (Lipinski definition) is 5. The number of carbonyl (C=O) groups is 1. The highest BCUT2D eigenvalue weighted by Gasteiger charge is 2.27. The van der Waals surface area contributed by atoms with E-state index in [1.165, 1.54) is 16.5 Å². The first-order valence-corrected chi connectivity index (χ1v) is 10.9. The van der Waals surface area contributed by atoms with E-state index in [-0.39, 0.29) is 5.91 Å². The summed E-state index contributed by atoms with van der Waals surface area (Å²) in [5.74, 6) is -0.180. The van der Waals surface area contributed by atoms with E-state index in [9.17, 15) is 4.79 Å². The van der Waals surface area contributed by atoms with Gasteiger partial charge in [0.05, 0.1) is 10.2 Å². The molecule has 0 bridgehead atoms. The van der Waals surface area contributed by atoms with Crippen molar-refractivity contribution >= 4 is 59.7 Å². The van der Waals surface area contributed by atoms with Gasteiger partial charge < -0.3 is 5.32 Å². The Hall–Kier alpha value is -1.54. The lowest BCUT2D eigenvalue weighted by molar-refractivity contribution is -0.111. The molecule has 3 aromatic rings. The Labute approximate surface area is 168 Å². The lowest BCUT2D eigenvalue weighted by atomic mass is 10.0. The van der Waals surface area contributed by atoms with Crippen molar-refractivity contribution in [3.63, 3.8) is 0 Å². The van der Waals surface area contributed by atoms with E-state index in [1.807, 2.05) is 12.1 Å². The van der Waals surface area contributed by atoms with Crippen molar-refractivity contribution < 1.29 is 4.79 Å². The summed E-state index contributed by atoms with van der Waals surface area (Å²) < 4.78 is 2.17. The minimum Gasteiger partial charge on any atom is -0.314 e. The fraction of sp³-hybridized carbons (Fsp3) is 0.263. The highest BCUT2D eigenvalue weighted by atomic mass is 79.9. The Balaban J connectivity index is 1.85. The number of fused-ring (bicyclic) bond motifs is 2. The maximum absolute atomic E-state index is 12.0. The molecule has 0 unspecified atom stereocenters. The van der Waals surface area contributed by atoms with Crippen LogP contribution in [0.15, 0.2) is 35.3 Å². The Kier molecular flexibility index (Phi) is 4.96. The maximum atomic E-state index is 12.0. The number of hydrogen-bond donors (Lipinski definition) is 1. The van der Waals surface area contributed by atoms with Gasteiger partial charge in [0.25, 0.3) is 0 Å². The third-order valence-electron chi connectivity index (χ3n) is 4.57. The van der Waals surface area contributed by atoms with Gasteiger partial charge in [-0.3, -0.25) is 9.69 Å². The fourth-order valence-electron chi connectivity index (χ4n) is 3.21. The van der Waals surface area contributed by atoms with E-state index >= 15 is 0 Å². The third-order valence-corrected chi connectivity index (χ3v) is 7.25. The van der Waals surface area contributed by atoms with Crippen LogP contribution in [-0.2, 0) is 17.8 Å². The molecule has 4 nitrogen and oxygen atoms in total. The number of thiophene rings is 1. The number of aromatic nitrogens is 1. The third kappa shape index (κ3) is 3.24. The van der Waals surface area contributed by atoms with E-state index in [0.717, 1.165) is 56.3 Å². The summed E-state index contributed by atoms with van der Waals surface area (Å²) in [6.45, 7) is 8.78. The Morgan fingerprint density at radius 1 is 1.46 bits per heavy atom. The molecule has 0 radical (unpaired) electrons. The molecule has 4 rings (SSSR count). The van der Waals surface area contributed by atoms with E-state index in [2.05, 4.69) is 45.7 Å². The summed E-state index contributed by atoms with van der Waals surface area (Å²) in [5.41, 5.74) is 3.40. The second-order valence-electron chi connectivity index (χ2n) is 6.15. The lowest BCUT2D eigenvalue weighted by Gasteiger charge is -2.25. The standard InChI is InChI=1S/C19H18BrN3OS2/c1-3-16(24)22-19-17(12-7-8-23(4-2)10-15(12)26-19)18-21-13-9-11(20)5-6-14(13)25-18/h3,5-6,9H,1,4,7-8,10H2,2H3,(H,22,24). The van der Waals surface area contributed by atoms with Gasteiger partial charge in [0.15, 0.2) is 0 Å². The summed E-state index contributed by atoms with van der Waals surface area (Å²) in [7, 11) is 0. The highest BCUT2D eigenvalue weighted by Crippen LogP contribution is 2.45. The minimum atomic E-state index is -0.180. The van der Waals surface area contributed by atoms with Crippen LogP contribution in [0.2, 0.25) is 0 Å². The van der Waals surface area contributed by atoms with Crippen LogP contribution in [0.3, 0.4) is 0 Å². The first-order valence-electron chi connectivity index (χ1n) is 8.45. The number of amides is 1.